The van der Waals surface area contributed by atoms with Gasteiger partial charge in [-0.1, -0.05) is 23.7 Å². The van der Waals surface area contributed by atoms with Crippen molar-refractivity contribution in [2.24, 2.45) is 0 Å². The first kappa shape index (κ1) is 26.0. The predicted molar refractivity (Wildman–Crippen MR) is 137 cm³/mol. The highest BCUT2D eigenvalue weighted by Crippen LogP contribution is 2.31. The Morgan fingerprint density at radius 3 is 2.92 bits per heavy atom. The number of rotatable bonds is 9. The van der Waals surface area contributed by atoms with Gasteiger partial charge in [-0.2, -0.15) is 9.98 Å². The van der Waals surface area contributed by atoms with Crippen molar-refractivity contribution in [2.75, 3.05) is 19.6 Å². The van der Waals surface area contributed by atoms with E-state index in [2.05, 4.69) is 9.71 Å². The number of amides is 2. The minimum atomic E-state index is -3.95. The summed E-state index contributed by atoms with van der Waals surface area (Å²) in [5.41, 5.74) is 0.809. The number of nitrogens with zero attached hydrogens (tertiary/aromatic N) is 4. The second-order valence-electron chi connectivity index (χ2n) is 8.41. The molecule has 2 aromatic heterocycles. The molecular formula is C24H24ClN5O4S2. The summed E-state index contributed by atoms with van der Waals surface area (Å²) in [4.78, 5) is 33.1. The smallest absolute Gasteiger partial charge is 0.250 e. The van der Waals surface area contributed by atoms with Crippen LogP contribution in [0.4, 0.5) is 0 Å². The Labute approximate surface area is 218 Å². The average molecular weight is 546 g/mol. The van der Waals surface area contributed by atoms with Gasteiger partial charge in [0, 0.05) is 41.8 Å². The van der Waals surface area contributed by atoms with Gasteiger partial charge in [0.2, 0.25) is 11.8 Å². The van der Waals surface area contributed by atoms with Gasteiger partial charge in [0.25, 0.3) is 10.0 Å². The molecule has 0 saturated carbocycles. The largest absolute Gasteiger partial charge is 0.336 e. The summed E-state index contributed by atoms with van der Waals surface area (Å²) in [5.74, 6) is -0.753. The van der Waals surface area contributed by atoms with E-state index >= 15 is 0 Å². The van der Waals surface area contributed by atoms with E-state index in [9.17, 15) is 18.0 Å². The molecule has 12 heteroatoms. The number of hydrogen-bond acceptors (Lipinski definition) is 7. The third-order valence-corrected chi connectivity index (χ3v) is 9.10. The van der Waals surface area contributed by atoms with E-state index in [0.29, 0.717) is 24.4 Å². The summed E-state index contributed by atoms with van der Waals surface area (Å²) in [6.07, 6.45) is 4.32. The van der Waals surface area contributed by atoms with Crippen LogP contribution in [0.15, 0.2) is 53.0 Å². The lowest BCUT2D eigenvalue weighted by molar-refractivity contribution is -0.143. The molecule has 1 aliphatic rings. The molecule has 0 radical (unpaired) electrons. The lowest BCUT2D eigenvalue weighted by atomic mass is 10.1. The molecule has 0 unspecified atom stereocenters. The Hall–Kier alpha value is -3.04. The molecule has 1 saturated heterocycles. The Balaban J connectivity index is 1.44. The van der Waals surface area contributed by atoms with Gasteiger partial charge in [-0.3, -0.25) is 14.6 Å². The molecule has 9 nitrogen and oxygen atoms in total. The molecule has 1 fully saturated rings. The van der Waals surface area contributed by atoms with Gasteiger partial charge < -0.3 is 9.80 Å². The number of fused-ring (bicyclic) bond motifs is 1. The predicted octanol–water partition coefficient (Wildman–Crippen LogP) is 3.16. The fourth-order valence-electron chi connectivity index (χ4n) is 4.02. The van der Waals surface area contributed by atoms with Crippen molar-refractivity contribution in [3.63, 3.8) is 0 Å². The van der Waals surface area contributed by atoms with Crippen molar-refractivity contribution >= 4 is 54.9 Å². The number of halogens is 1. The lowest BCUT2D eigenvalue weighted by Gasteiger charge is -2.33. The molecule has 3 heterocycles. The number of nitrogens with one attached hydrogen (secondary N) is 1. The van der Waals surface area contributed by atoms with Crippen molar-refractivity contribution in [1.29, 1.82) is 5.26 Å². The Morgan fingerprint density at radius 2 is 2.17 bits per heavy atom. The van der Waals surface area contributed by atoms with Gasteiger partial charge in [0.1, 0.15) is 10.3 Å². The topological polar surface area (TPSA) is 123 Å². The van der Waals surface area contributed by atoms with Crippen LogP contribution in [-0.4, -0.2) is 60.7 Å². The van der Waals surface area contributed by atoms with E-state index in [-0.39, 0.29) is 36.2 Å². The minimum absolute atomic E-state index is 0.0971. The van der Waals surface area contributed by atoms with E-state index in [1.54, 1.807) is 42.7 Å². The summed E-state index contributed by atoms with van der Waals surface area (Å²) in [7, 11) is -3.95. The summed E-state index contributed by atoms with van der Waals surface area (Å²) >= 11 is 7.09. The number of pyridine rings is 1. The number of aromatic nitrogens is 1. The number of likely N-dealkylation sites (tertiary alicyclic amines) is 1. The summed E-state index contributed by atoms with van der Waals surface area (Å²) in [6.45, 7) is 0.647. The van der Waals surface area contributed by atoms with Crippen molar-refractivity contribution in [3.05, 3.63) is 59.4 Å². The van der Waals surface area contributed by atoms with Gasteiger partial charge in [-0.15, -0.1) is 11.3 Å². The number of piperidine rings is 1. The van der Waals surface area contributed by atoms with E-state index < -0.39 is 22.0 Å². The zero-order valence-electron chi connectivity index (χ0n) is 19.3. The van der Waals surface area contributed by atoms with Crippen LogP contribution in [0.1, 0.15) is 24.8 Å². The minimum Gasteiger partial charge on any atom is -0.336 e. The maximum absolute atomic E-state index is 13.1. The first-order valence-corrected chi connectivity index (χ1v) is 14.0. The maximum Gasteiger partial charge on any atom is 0.250 e. The maximum atomic E-state index is 13.1. The molecular weight excluding hydrogens is 522 g/mol. The van der Waals surface area contributed by atoms with Crippen molar-refractivity contribution in [3.8, 4) is 6.07 Å². The standard InChI is InChI=1S/C24H24ClN5O4S2/c25-19-7-6-18-12-23(35-21(18)13-19)36(33,34)28-20-5-2-10-30(24(20)32)16-22(31)29(11-3-8-26)15-17-4-1-9-27-14-17/h1,4,6-7,9,12-14,20,28H,2-3,5,10-11,15-16H2/t20-/m0/s1. The van der Waals surface area contributed by atoms with Crippen molar-refractivity contribution in [2.45, 2.75) is 36.1 Å². The highest BCUT2D eigenvalue weighted by Gasteiger charge is 2.34. The van der Waals surface area contributed by atoms with Crippen molar-refractivity contribution in [1.82, 2.24) is 19.5 Å². The fraction of sp³-hybridized carbons (Fsp3) is 0.333. The average Bonchev–Trinajstić information content (AvgIpc) is 3.29. The quantitative estimate of drug-likeness (QED) is 0.440. The molecule has 0 bridgehead atoms. The van der Waals surface area contributed by atoms with E-state index in [1.165, 1.54) is 9.80 Å². The third-order valence-electron chi connectivity index (χ3n) is 5.82. The number of thiophene rings is 1. The number of carbonyl (C=O) groups excluding carboxylic acids is 2. The van der Waals surface area contributed by atoms with Crippen LogP contribution in [0.25, 0.3) is 10.1 Å². The number of sulfonamides is 1. The normalized spacial score (nSPS) is 16.2. The van der Waals surface area contributed by atoms with Crippen LogP contribution in [0.5, 0.6) is 0 Å². The van der Waals surface area contributed by atoms with Gasteiger partial charge in [-0.25, -0.2) is 8.42 Å². The van der Waals surface area contributed by atoms with Crippen LogP contribution in [0.2, 0.25) is 5.02 Å². The first-order chi connectivity index (χ1) is 17.3. The van der Waals surface area contributed by atoms with Crippen LogP contribution in [-0.2, 0) is 26.2 Å². The van der Waals surface area contributed by atoms with Gasteiger partial charge in [-0.05, 0) is 48.1 Å². The Bertz CT molecular complexity index is 1400. The molecule has 1 aliphatic heterocycles. The van der Waals surface area contributed by atoms with Crippen LogP contribution in [0.3, 0.4) is 0 Å². The zero-order chi connectivity index (χ0) is 25.7. The van der Waals surface area contributed by atoms with Crippen LogP contribution >= 0.6 is 22.9 Å². The fourth-order valence-corrected chi connectivity index (χ4v) is 6.93. The van der Waals surface area contributed by atoms with Gasteiger partial charge >= 0.3 is 0 Å². The highest BCUT2D eigenvalue weighted by molar-refractivity contribution is 7.91. The highest BCUT2D eigenvalue weighted by atomic mass is 35.5. The molecule has 1 atom stereocenters. The van der Waals surface area contributed by atoms with Gasteiger partial charge in [0.05, 0.1) is 19.0 Å². The Kier molecular flexibility index (Phi) is 8.21. The second kappa shape index (κ2) is 11.3. The molecule has 36 heavy (non-hydrogen) atoms. The van der Waals surface area contributed by atoms with Crippen LogP contribution < -0.4 is 4.72 Å². The van der Waals surface area contributed by atoms with E-state index in [0.717, 1.165) is 27.0 Å². The first-order valence-electron chi connectivity index (χ1n) is 11.3. The molecule has 1 N–H and O–H groups in total. The number of benzene rings is 1. The van der Waals surface area contributed by atoms with E-state index in [4.69, 9.17) is 16.9 Å². The molecule has 0 aliphatic carbocycles. The number of hydrogen-bond donors (Lipinski definition) is 1. The monoisotopic (exact) mass is 545 g/mol. The van der Waals surface area contributed by atoms with Crippen molar-refractivity contribution < 1.29 is 18.0 Å². The number of nitriles is 1. The van der Waals surface area contributed by atoms with Gasteiger partial charge in [0.15, 0.2) is 0 Å². The number of carbonyl (C=O) groups is 2. The molecule has 188 valence electrons. The molecule has 4 rings (SSSR count). The summed E-state index contributed by atoms with van der Waals surface area (Å²) in [5, 5.41) is 10.2. The Morgan fingerprint density at radius 1 is 1.33 bits per heavy atom. The molecule has 1 aromatic carbocycles. The van der Waals surface area contributed by atoms with E-state index in [1.807, 2.05) is 12.1 Å². The summed E-state index contributed by atoms with van der Waals surface area (Å²) in [6, 6.07) is 11.4. The molecule has 2 amide bonds. The molecule has 3 aromatic rings. The lowest BCUT2D eigenvalue weighted by Crippen LogP contribution is -2.54. The summed E-state index contributed by atoms with van der Waals surface area (Å²) < 4.78 is 29.4. The zero-order valence-corrected chi connectivity index (χ0v) is 21.7. The SMILES string of the molecule is N#CCCN(Cc1cccnc1)C(=O)CN1CCC[C@H](NS(=O)(=O)c2cc3ccc(Cl)cc3s2)C1=O. The second-order valence-corrected chi connectivity index (χ2v) is 11.9. The molecule has 0 spiro atoms. The van der Waals surface area contributed by atoms with Crippen LogP contribution in [0, 0.1) is 11.3 Å². The third kappa shape index (κ3) is 6.20.